The number of para-hydroxylation sites is 1. The minimum atomic E-state index is 0.119. The standard InChI is InChI=1S/C18H21NO2/c1-18(2,3)19-10-11-20-13-8-9-17-15(12-13)14-6-4-5-7-16(14)21-17/h4-9,12,19H,10-11H2,1-3H3. The van der Waals surface area contributed by atoms with Gasteiger partial charge in [0, 0.05) is 22.9 Å². The molecule has 21 heavy (non-hydrogen) atoms. The summed E-state index contributed by atoms with van der Waals surface area (Å²) in [6.45, 7) is 7.93. The van der Waals surface area contributed by atoms with Crippen LogP contribution in [0.2, 0.25) is 0 Å². The fourth-order valence-electron chi connectivity index (χ4n) is 2.39. The highest BCUT2D eigenvalue weighted by Gasteiger charge is 2.09. The van der Waals surface area contributed by atoms with Crippen molar-refractivity contribution in [2.24, 2.45) is 0 Å². The predicted molar refractivity (Wildman–Crippen MR) is 87.0 cm³/mol. The molecule has 1 heterocycles. The van der Waals surface area contributed by atoms with Gasteiger partial charge >= 0.3 is 0 Å². The van der Waals surface area contributed by atoms with Gasteiger partial charge in [-0.05, 0) is 45.0 Å². The van der Waals surface area contributed by atoms with E-state index in [1.807, 2.05) is 30.3 Å². The second-order valence-electron chi connectivity index (χ2n) is 6.28. The lowest BCUT2D eigenvalue weighted by atomic mass is 10.1. The number of fused-ring (bicyclic) bond motifs is 3. The summed E-state index contributed by atoms with van der Waals surface area (Å²) in [5, 5.41) is 5.64. The van der Waals surface area contributed by atoms with E-state index in [0.717, 1.165) is 34.2 Å². The third-order valence-corrected chi connectivity index (χ3v) is 3.37. The van der Waals surface area contributed by atoms with Crippen molar-refractivity contribution in [3.63, 3.8) is 0 Å². The maximum absolute atomic E-state index is 5.82. The van der Waals surface area contributed by atoms with Crippen molar-refractivity contribution in [1.29, 1.82) is 0 Å². The highest BCUT2D eigenvalue weighted by molar-refractivity contribution is 6.05. The summed E-state index contributed by atoms with van der Waals surface area (Å²) in [6, 6.07) is 14.1. The molecule has 0 atom stereocenters. The molecule has 0 spiro atoms. The molecule has 0 aliphatic heterocycles. The molecule has 0 amide bonds. The summed E-state index contributed by atoms with van der Waals surface area (Å²) in [6.07, 6.45) is 0. The first kappa shape index (κ1) is 14.0. The van der Waals surface area contributed by atoms with E-state index < -0.39 is 0 Å². The second kappa shape index (κ2) is 5.41. The number of furan rings is 1. The molecule has 3 rings (SSSR count). The van der Waals surface area contributed by atoms with Gasteiger partial charge in [-0.1, -0.05) is 18.2 Å². The molecule has 3 aromatic rings. The van der Waals surface area contributed by atoms with Crippen LogP contribution >= 0.6 is 0 Å². The van der Waals surface area contributed by atoms with Gasteiger partial charge in [-0.15, -0.1) is 0 Å². The van der Waals surface area contributed by atoms with Crippen molar-refractivity contribution in [3.05, 3.63) is 42.5 Å². The average molecular weight is 283 g/mol. The molecule has 0 bridgehead atoms. The highest BCUT2D eigenvalue weighted by atomic mass is 16.5. The van der Waals surface area contributed by atoms with Gasteiger partial charge in [0.15, 0.2) is 0 Å². The van der Waals surface area contributed by atoms with E-state index in [9.17, 15) is 0 Å². The topological polar surface area (TPSA) is 34.4 Å². The molecule has 3 nitrogen and oxygen atoms in total. The molecule has 0 fully saturated rings. The summed E-state index contributed by atoms with van der Waals surface area (Å²) in [5.41, 5.74) is 1.93. The summed E-state index contributed by atoms with van der Waals surface area (Å²) in [7, 11) is 0. The Kier molecular flexibility index (Phi) is 3.60. The quantitative estimate of drug-likeness (QED) is 0.723. The van der Waals surface area contributed by atoms with Gasteiger partial charge in [0.25, 0.3) is 0 Å². The zero-order valence-corrected chi connectivity index (χ0v) is 12.8. The van der Waals surface area contributed by atoms with Crippen molar-refractivity contribution in [3.8, 4) is 5.75 Å². The Morgan fingerprint density at radius 2 is 1.76 bits per heavy atom. The smallest absolute Gasteiger partial charge is 0.135 e. The van der Waals surface area contributed by atoms with Gasteiger partial charge in [-0.2, -0.15) is 0 Å². The monoisotopic (exact) mass is 283 g/mol. The van der Waals surface area contributed by atoms with Crippen LogP contribution in [0.15, 0.2) is 46.9 Å². The van der Waals surface area contributed by atoms with Crippen LogP contribution in [0.3, 0.4) is 0 Å². The Bertz CT molecular complexity index is 753. The van der Waals surface area contributed by atoms with Crippen LogP contribution in [-0.2, 0) is 0 Å². The maximum atomic E-state index is 5.82. The Morgan fingerprint density at radius 1 is 1.00 bits per heavy atom. The van der Waals surface area contributed by atoms with E-state index in [2.05, 4.69) is 38.2 Å². The minimum absolute atomic E-state index is 0.119. The number of hydrogen-bond donors (Lipinski definition) is 1. The molecule has 0 aliphatic carbocycles. The van der Waals surface area contributed by atoms with Gasteiger partial charge in [0.05, 0.1) is 0 Å². The van der Waals surface area contributed by atoms with Crippen LogP contribution in [0, 0.1) is 0 Å². The molecule has 0 unspecified atom stereocenters. The fourth-order valence-corrected chi connectivity index (χ4v) is 2.39. The Labute approximate surface area is 124 Å². The summed E-state index contributed by atoms with van der Waals surface area (Å²) < 4.78 is 11.6. The van der Waals surface area contributed by atoms with Crippen LogP contribution in [0.1, 0.15) is 20.8 Å². The van der Waals surface area contributed by atoms with E-state index in [0.29, 0.717) is 6.61 Å². The lowest BCUT2D eigenvalue weighted by molar-refractivity contribution is 0.291. The van der Waals surface area contributed by atoms with Crippen LogP contribution in [0.4, 0.5) is 0 Å². The van der Waals surface area contributed by atoms with E-state index in [-0.39, 0.29) is 5.54 Å². The fraction of sp³-hybridized carbons (Fsp3) is 0.333. The van der Waals surface area contributed by atoms with Gasteiger partial charge in [0.2, 0.25) is 0 Å². The zero-order valence-electron chi connectivity index (χ0n) is 12.8. The number of hydrogen-bond acceptors (Lipinski definition) is 3. The van der Waals surface area contributed by atoms with Gasteiger partial charge in [-0.25, -0.2) is 0 Å². The van der Waals surface area contributed by atoms with E-state index in [4.69, 9.17) is 9.15 Å². The summed E-state index contributed by atoms with van der Waals surface area (Å²) in [4.78, 5) is 0. The molecule has 0 radical (unpaired) electrons. The predicted octanol–water partition coefficient (Wildman–Crippen LogP) is 4.35. The minimum Gasteiger partial charge on any atom is -0.492 e. The van der Waals surface area contributed by atoms with Crippen molar-refractivity contribution < 1.29 is 9.15 Å². The van der Waals surface area contributed by atoms with Gasteiger partial charge in [-0.3, -0.25) is 0 Å². The van der Waals surface area contributed by atoms with Crippen LogP contribution in [0.5, 0.6) is 5.75 Å². The van der Waals surface area contributed by atoms with Crippen molar-refractivity contribution in [2.45, 2.75) is 26.3 Å². The molecule has 0 saturated heterocycles. The molecular weight excluding hydrogens is 262 g/mol. The normalized spacial score (nSPS) is 12.1. The number of benzene rings is 2. The van der Waals surface area contributed by atoms with Crippen LogP contribution in [0.25, 0.3) is 21.9 Å². The number of rotatable bonds is 4. The Hall–Kier alpha value is -2.00. The average Bonchev–Trinajstić information content (AvgIpc) is 2.81. The molecular formula is C18H21NO2. The molecule has 0 aliphatic rings. The first-order valence-corrected chi connectivity index (χ1v) is 7.32. The first-order chi connectivity index (χ1) is 10.0. The van der Waals surface area contributed by atoms with Crippen molar-refractivity contribution >= 4 is 21.9 Å². The Balaban J connectivity index is 1.76. The highest BCUT2D eigenvalue weighted by Crippen LogP contribution is 2.31. The van der Waals surface area contributed by atoms with Gasteiger partial charge < -0.3 is 14.5 Å². The molecule has 2 aromatic carbocycles. The SMILES string of the molecule is CC(C)(C)NCCOc1ccc2oc3ccccc3c2c1. The van der Waals surface area contributed by atoms with Crippen molar-refractivity contribution in [1.82, 2.24) is 5.32 Å². The van der Waals surface area contributed by atoms with Gasteiger partial charge in [0.1, 0.15) is 23.5 Å². The van der Waals surface area contributed by atoms with E-state index in [1.54, 1.807) is 0 Å². The molecule has 1 aromatic heterocycles. The van der Waals surface area contributed by atoms with E-state index >= 15 is 0 Å². The third-order valence-electron chi connectivity index (χ3n) is 3.37. The number of ether oxygens (including phenoxy) is 1. The molecule has 3 heteroatoms. The van der Waals surface area contributed by atoms with E-state index in [1.165, 1.54) is 0 Å². The molecule has 1 N–H and O–H groups in total. The lowest BCUT2D eigenvalue weighted by Gasteiger charge is -2.20. The second-order valence-corrected chi connectivity index (χ2v) is 6.28. The maximum Gasteiger partial charge on any atom is 0.135 e. The van der Waals surface area contributed by atoms with Crippen molar-refractivity contribution in [2.75, 3.05) is 13.2 Å². The largest absolute Gasteiger partial charge is 0.492 e. The lowest BCUT2D eigenvalue weighted by Crippen LogP contribution is -2.38. The zero-order chi connectivity index (χ0) is 14.9. The third kappa shape index (κ3) is 3.19. The van der Waals surface area contributed by atoms with Crippen LogP contribution in [-0.4, -0.2) is 18.7 Å². The summed E-state index contributed by atoms with van der Waals surface area (Å²) in [5.74, 6) is 0.879. The van der Waals surface area contributed by atoms with Crippen LogP contribution < -0.4 is 10.1 Å². The number of nitrogens with one attached hydrogen (secondary N) is 1. The molecule has 0 saturated carbocycles. The Morgan fingerprint density at radius 3 is 2.57 bits per heavy atom. The summed E-state index contributed by atoms with van der Waals surface area (Å²) >= 11 is 0. The first-order valence-electron chi connectivity index (χ1n) is 7.32. The molecule has 110 valence electrons.